The van der Waals surface area contributed by atoms with Gasteiger partial charge in [-0.15, -0.1) is 11.3 Å². The van der Waals surface area contributed by atoms with Gasteiger partial charge in [0.15, 0.2) is 0 Å². The second-order valence-electron chi connectivity index (χ2n) is 4.46. The van der Waals surface area contributed by atoms with Crippen molar-refractivity contribution in [2.45, 2.75) is 31.3 Å². The number of thiophene rings is 1. The van der Waals surface area contributed by atoms with Gasteiger partial charge in [-0.1, -0.05) is 11.6 Å². The van der Waals surface area contributed by atoms with Gasteiger partial charge in [0.05, 0.1) is 10.9 Å². The predicted molar refractivity (Wildman–Crippen MR) is 65.0 cm³/mol. The Morgan fingerprint density at radius 3 is 2.65 bits per heavy atom. The third-order valence-electron chi connectivity index (χ3n) is 3.40. The Labute approximate surface area is 108 Å². The Kier molecular flexibility index (Phi) is 2.41. The highest BCUT2D eigenvalue weighted by molar-refractivity contribution is 7.16. The van der Waals surface area contributed by atoms with Crippen LogP contribution >= 0.6 is 22.9 Å². The Balaban J connectivity index is 1.79. The molecular weight excluding hydrogens is 260 g/mol. The van der Waals surface area contributed by atoms with Crippen molar-refractivity contribution in [1.82, 2.24) is 10.2 Å². The first-order valence-corrected chi connectivity index (χ1v) is 6.68. The van der Waals surface area contributed by atoms with Crippen molar-refractivity contribution in [3.63, 3.8) is 0 Å². The Morgan fingerprint density at radius 2 is 2.18 bits per heavy atom. The maximum atomic E-state index is 12.1. The van der Waals surface area contributed by atoms with E-state index in [-0.39, 0.29) is 11.9 Å². The van der Waals surface area contributed by atoms with Crippen LogP contribution in [0.5, 0.6) is 0 Å². The number of hydrogen-bond donors (Lipinski definition) is 1. The van der Waals surface area contributed by atoms with Gasteiger partial charge in [0, 0.05) is 4.88 Å². The molecule has 1 aliphatic heterocycles. The van der Waals surface area contributed by atoms with Crippen LogP contribution in [-0.4, -0.2) is 22.4 Å². The van der Waals surface area contributed by atoms with Crippen LogP contribution in [0, 0.1) is 0 Å². The van der Waals surface area contributed by atoms with Gasteiger partial charge in [0.1, 0.15) is 5.54 Å². The standard InChI is InChI=1S/C11H11ClN2O2S/c12-8-3-2-7(17-8)6-14-9(15)11(4-1-5-11)13-10(14)16/h2-3H,1,4-6H2,(H,13,16). The summed E-state index contributed by atoms with van der Waals surface area (Å²) in [7, 11) is 0. The van der Waals surface area contributed by atoms with Crippen LogP contribution in [0.15, 0.2) is 12.1 Å². The average Bonchev–Trinajstić information content (AvgIpc) is 2.74. The largest absolute Gasteiger partial charge is 0.325 e. The van der Waals surface area contributed by atoms with Crippen molar-refractivity contribution >= 4 is 34.9 Å². The fourth-order valence-electron chi connectivity index (χ4n) is 2.28. The number of carbonyl (C=O) groups is 2. The Bertz CT molecular complexity index is 495. The molecule has 0 unspecified atom stereocenters. The second kappa shape index (κ2) is 3.71. The SMILES string of the molecule is O=C1NC2(CCC2)C(=O)N1Cc1ccc(Cl)s1. The molecule has 17 heavy (non-hydrogen) atoms. The molecule has 3 rings (SSSR count). The van der Waals surface area contributed by atoms with Gasteiger partial charge in [-0.2, -0.15) is 0 Å². The molecule has 1 N–H and O–H groups in total. The van der Waals surface area contributed by atoms with Gasteiger partial charge in [-0.25, -0.2) is 4.79 Å². The van der Waals surface area contributed by atoms with E-state index in [0.717, 1.165) is 24.1 Å². The quantitative estimate of drug-likeness (QED) is 0.839. The normalized spacial score (nSPS) is 21.8. The Hall–Kier alpha value is -1.07. The highest BCUT2D eigenvalue weighted by atomic mass is 35.5. The zero-order valence-electron chi connectivity index (χ0n) is 9.03. The van der Waals surface area contributed by atoms with Crippen molar-refractivity contribution in [2.75, 3.05) is 0 Å². The maximum Gasteiger partial charge on any atom is 0.325 e. The van der Waals surface area contributed by atoms with Gasteiger partial charge in [0.2, 0.25) is 0 Å². The van der Waals surface area contributed by atoms with Gasteiger partial charge in [-0.3, -0.25) is 9.69 Å². The number of imide groups is 1. The van der Waals surface area contributed by atoms with Crippen LogP contribution in [0.2, 0.25) is 4.34 Å². The molecule has 1 saturated heterocycles. The molecule has 90 valence electrons. The molecular formula is C11H11ClN2O2S. The van der Waals surface area contributed by atoms with Gasteiger partial charge < -0.3 is 5.32 Å². The number of hydrogen-bond acceptors (Lipinski definition) is 3. The molecule has 2 fully saturated rings. The summed E-state index contributed by atoms with van der Waals surface area (Å²) in [6, 6.07) is 3.34. The third-order valence-corrected chi connectivity index (χ3v) is 4.61. The molecule has 0 atom stereocenters. The summed E-state index contributed by atoms with van der Waals surface area (Å²) >= 11 is 7.22. The minimum absolute atomic E-state index is 0.0849. The molecule has 0 aromatic carbocycles. The molecule has 0 bridgehead atoms. The van der Waals surface area contributed by atoms with Crippen LogP contribution < -0.4 is 5.32 Å². The van der Waals surface area contributed by atoms with E-state index in [2.05, 4.69) is 5.32 Å². The number of nitrogens with one attached hydrogen (secondary N) is 1. The summed E-state index contributed by atoms with van der Waals surface area (Å²) in [5.74, 6) is -0.0849. The number of halogens is 1. The molecule has 1 spiro atoms. The number of carbonyl (C=O) groups excluding carboxylic acids is 2. The van der Waals surface area contributed by atoms with E-state index < -0.39 is 5.54 Å². The van der Waals surface area contributed by atoms with Crippen molar-refractivity contribution in [3.05, 3.63) is 21.3 Å². The van der Waals surface area contributed by atoms with E-state index >= 15 is 0 Å². The number of rotatable bonds is 2. The van der Waals surface area contributed by atoms with E-state index in [1.165, 1.54) is 16.2 Å². The first-order valence-electron chi connectivity index (χ1n) is 5.49. The minimum atomic E-state index is -0.585. The number of urea groups is 1. The summed E-state index contributed by atoms with van der Waals surface area (Å²) < 4.78 is 0.672. The highest BCUT2D eigenvalue weighted by Crippen LogP contribution is 2.38. The van der Waals surface area contributed by atoms with Crippen molar-refractivity contribution in [3.8, 4) is 0 Å². The maximum absolute atomic E-state index is 12.1. The summed E-state index contributed by atoms with van der Waals surface area (Å²) in [5, 5.41) is 2.80. The van der Waals surface area contributed by atoms with Crippen molar-refractivity contribution in [1.29, 1.82) is 0 Å². The van der Waals surface area contributed by atoms with Crippen molar-refractivity contribution < 1.29 is 9.59 Å². The number of nitrogens with zero attached hydrogens (tertiary/aromatic N) is 1. The lowest BCUT2D eigenvalue weighted by atomic mass is 9.77. The summed E-state index contributed by atoms with van der Waals surface area (Å²) in [5.41, 5.74) is -0.585. The van der Waals surface area contributed by atoms with Crippen LogP contribution in [0.3, 0.4) is 0 Å². The van der Waals surface area contributed by atoms with Gasteiger partial charge in [0.25, 0.3) is 5.91 Å². The van der Waals surface area contributed by atoms with E-state index in [0.29, 0.717) is 10.9 Å². The Morgan fingerprint density at radius 1 is 1.41 bits per heavy atom. The van der Waals surface area contributed by atoms with E-state index in [4.69, 9.17) is 11.6 Å². The van der Waals surface area contributed by atoms with Crippen molar-refractivity contribution in [2.24, 2.45) is 0 Å². The minimum Gasteiger partial charge on any atom is -0.323 e. The predicted octanol–water partition coefficient (Wildman–Crippen LogP) is 2.38. The lowest BCUT2D eigenvalue weighted by molar-refractivity contribution is -0.134. The first kappa shape index (κ1) is 11.0. The molecule has 0 radical (unpaired) electrons. The monoisotopic (exact) mass is 270 g/mol. The van der Waals surface area contributed by atoms with E-state index in [1.54, 1.807) is 6.07 Å². The third kappa shape index (κ3) is 1.65. The molecule has 1 saturated carbocycles. The molecule has 1 aromatic heterocycles. The molecule has 2 heterocycles. The fraction of sp³-hybridized carbons (Fsp3) is 0.455. The zero-order valence-corrected chi connectivity index (χ0v) is 10.6. The van der Waals surface area contributed by atoms with Crippen LogP contribution in [0.1, 0.15) is 24.1 Å². The molecule has 6 heteroatoms. The lowest BCUT2D eigenvalue weighted by Crippen LogP contribution is -2.52. The first-order chi connectivity index (χ1) is 8.11. The van der Waals surface area contributed by atoms with Crippen LogP contribution in [0.25, 0.3) is 0 Å². The lowest BCUT2D eigenvalue weighted by Gasteiger charge is -2.34. The molecule has 3 amide bonds. The summed E-state index contributed by atoms with van der Waals surface area (Å²) in [6.45, 7) is 0.323. The molecule has 1 aliphatic carbocycles. The average molecular weight is 271 g/mol. The van der Waals surface area contributed by atoms with Gasteiger partial charge in [-0.05, 0) is 31.4 Å². The molecule has 2 aliphatic rings. The topological polar surface area (TPSA) is 49.4 Å². The van der Waals surface area contributed by atoms with E-state index in [9.17, 15) is 9.59 Å². The number of amides is 3. The second-order valence-corrected chi connectivity index (χ2v) is 6.26. The van der Waals surface area contributed by atoms with Crippen LogP contribution in [0.4, 0.5) is 4.79 Å². The zero-order chi connectivity index (χ0) is 12.0. The fourth-order valence-corrected chi connectivity index (χ4v) is 3.36. The molecule has 4 nitrogen and oxygen atoms in total. The summed E-state index contributed by atoms with van der Waals surface area (Å²) in [6.07, 6.45) is 2.53. The molecule has 1 aromatic rings. The van der Waals surface area contributed by atoms with E-state index in [1.807, 2.05) is 6.07 Å². The van der Waals surface area contributed by atoms with Crippen LogP contribution in [-0.2, 0) is 11.3 Å². The highest BCUT2D eigenvalue weighted by Gasteiger charge is 2.54. The summed E-state index contributed by atoms with van der Waals surface area (Å²) in [4.78, 5) is 26.1. The van der Waals surface area contributed by atoms with Gasteiger partial charge >= 0.3 is 6.03 Å². The smallest absolute Gasteiger partial charge is 0.323 e.